The first kappa shape index (κ1) is 66.2. The van der Waals surface area contributed by atoms with E-state index in [9.17, 15) is 0 Å². The minimum atomic E-state index is 0.696. The van der Waals surface area contributed by atoms with E-state index in [1.54, 1.807) is 0 Å². The van der Waals surface area contributed by atoms with E-state index < -0.39 is 0 Å². The predicted molar refractivity (Wildman–Crippen MR) is 459 cm³/mol. The first-order valence-corrected chi connectivity index (χ1v) is 37.4. The molecule has 0 aliphatic heterocycles. The summed E-state index contributed by atoms with van der Waals surface area (Å²) in [5.41, 5.74) is 27.4. The summed E-state index contributed by atoms with van der Waals surface area (Å²) in [4.78, 5) is 31.4. The Morgan fingerprint density at radius 1 is 0.173 bits per heavy atom. The summed E-state index contributed by atoms with van der Waals surface area (Å²) in [7, 11) is 0. The van der Waals surface area contributed by atoms with Gasteiger partial charge in [0, 0.05) is 76.8 Å². The molecule has 110 heavy (non-hydrogen) atoms. The molecule has 6 nitrogen and oxygen atoms in total. The van der Waals surface area contributed by atoms with E-state index >= 15 is 0 Å². The summed E-state index contributed by atoms with van der Waals surface area (Å²) in [6.45, 7) is 4.20. The number of nitrogens with zero attached hydrogens (tertiary/aromatic N) is 6. The molecule has 4 heterocycles. The summed E-state index contributed by atoms with van der Waals surface area (Å²) in [5.74, 6) is 1.41. The van der Waals surface area contributed by atoms with Crippen molar-refractivity contribution in [3.63, 3.8) is 0 Å². The molecule has 0 unspecified atom stereocenters. The highest BCUT2D eigenvalue weighted by Gasteiger charge is 2.21. The Kier molecular flexibility index (Phi) is 17.3. The van der Waals surface area contributed by atoms with E-state index in [0.29, 0.717) is 11.6 Å². The maximum Gasteiger partial charge on any atom is 0.160 e. The summed E-state index contributed by atoms with van der Waals surface area (Å²) in [6.07, 6.45) is 0. The van der Waals surface area contributed by atoms with Crippen molar-refractivity contribution < 1.29 is 0 Å². The highest BCUT2D eigenvalue weighted by Crippen LogP contribution is 2.44. The standard InChI is InChI=1S/C55H35N3.C49H35N3/c1-3-15-38(16-4-1)47-23-12-24-49-53(47)48-30-29-43(34-52(48)56-54(49)39-17-5-2-6-18-39)42-21-11-22-44(32-42)50-35-51(45-27-25-36-13-7-9-19-40(36)31-45)58-55(57-50)46-28-26-37-14-8-10-20-41(37)33-46;1-32-19-23-35(24-20-32)44-31-45(52-49(51-44)37-25-21-33(2)22-26-37)40-16-9-15-38(29-40)39-27-28-42-46(30-39)50-48(36-13-7-4-8-14-36)43-18-10-17-41(47(42)43)34-11-5-3-6-12-34/h1-35H;3-31H,1-2H3. The molecule has 0 fully saturated rings. The van der Waals surface area contributed by atoms with Crippen LogP contribution in [0.25, 0.3) is 200 Å². The highest BCUT2D eigenvalue weighted by molar-refractivity contribution is 6.19. The smallest absolute Gasteiger partial charge is 0.160 e. The van der Waals surface area contributed by atoms with Crippen LogP contribution >= 0.6 is 0 Å². The van der Waals surface area contributed by atoms with Crippen LogP contribution in [-0.4, -0.2) is 29.9 Å². The predicted octanol–water partition coefficient (Wildman–Crippen LogP) is 27.3. The van der Waals surface area contributed by atoms with Crippen LogP contribution in [-0.2, 0) is 0 Å². The minimum absolute atomic E-state index is 0.696. The second-order valence-corrected chi connectivity index (χ2v) is 28.2. The van der Waals surface area contributed by atoms with Crippen LogP contribution in [0.2, 0.25) is 0 Å². The first-order chi connectivity index (χ1) is 54.3. The monoisotopic (exact) mass is 1400 g/mol. The van der Waals surface area contributed by atoms with Gasteiger partial charge < -0.3 is 0 Å². The van der Waals surface area contributed by atoms with Crippen molar-refractivity contribution in [2.24, 2.45) is 0 Å². The molecule has 0 N–H and O–H groups in total. The van der Waals surface area contributed by atoms with Crippen molar-refractivity contribution >= 4 is 64.9 Å². The Balaban J connectivity index is 0.000000150. The van der Waals surface area contributed by atoms with Crippen LogP contribution in [0.4, 0.5) is 0 Å². The van der Waals surface area contributed by atoms with Gasteiger partial charge in [0.05, 0.1) is 45.2 Å². The molecule has 0 saturated carbocycles. The van der Waals surface area contributed by atoms with Gasteiger partial charge in [0.15, 0.2) is 11.6 Å². The first-order valence-electron chi connectivity index (χ1n) is 37.4. The van der Waals surface area contributed by atoms with Gasteiger partial charge in [-0.1, -0.05) is 351 Å². The molecule has 20 rings (SSSR count). The fourth-order valence-electron chi connectivity index (χ4n) is 15.4. The third-order valence-corrected chi connectivity index (χ3v) is 21.0. The maximum absolute atomic E-state index is 5.39. The van der Waals surface area contributed by atoms with Crippen LogP contribution in [0.5, 0.6) is 0 Å². The molecule has 0 spiro atoms. The fourth-order valence-corrected chi connectivity index (χ4v) is 15.4. The van der Waals surface area contributed by atoms with Crippen molar-refractivity contribution in [1.29, 1.82) is 0 Å². The van der Waals surface area contributed by atoms with Gasteiger partial charge in [-0.05, 0) is 128 Å². The average molecular weight is 1400 g/mol. The molecule has 0 radical (unpaired) electrons. The van der Waals surface area contributed by atoms with Gasteiger partial charge in [-0.3, -0.25) is 0 Å². The molecule has 20 aromatic rings. The quantitative estimate of drug-likeness (QED) is 0.113. The van der Waals surface area contributed by atoms with Gasteiger partial charge in [0.1, 0.15) is 0 Å². The Hall–Kier alpha value is -14.5. The summed E-state index contributed by atoms with van der Waals surface area (Å²) in [6, 6.07) is 137. The number of rotatable bonds is 12. The summed E-state index contributed by atoms with van der Waals surface area (Å²) >= 11 is 0. The van der Waals surface area contributed by atoms with Gasteiger partial charge in [0.2, 0.25) is 0 Å². The Labute approximate surface area is 638 Å². The van der Waals surface area contributed by atoms with Crippen LogP contribution in [0.1, 0.15) is 11.1 Å². The van der Waals surface area contributed by atoms with E-state index in [2.05, 4.69) is 402 Å². The molecular formula is C104H70N6. The second kappa shape index (κ2) is 28.8. The van der Waals surface area contributed by atoms with Gasteiger partial charge in [0.25, 0.3) is 0 Å². The molecule has 6 heteroatoms. The SMILES string of the molecule is Cc1ccc(-c2cc(-c3cccc(-c4ccc5c(c4)nc(-c4ccccc4)c4cccc(-c6ccccc6)c45)c3)nc(-c3ccc(C)cc3)n2)cc1.c1ccc(-c2nc3cc(-c4cccc(-c5cc(-c6ccc7ccccc7c6)nc(-c6ccc7ccccc7c6)n5)c4)ccc3c3c(-c4ccccc4)cccc23)cc1. The molecule has 16 aromatic carbocycles. The third kappa shape index (κ3) is 13.1. The summed E-state index contributed by atoms with van der Waals surface area (Å²) < 4.78 is 0. The van der Waals surface area contributed by atoms with E-state index in [4.69, 9.17) is 29.9 Å². The average Bonchev–Trinajstić information content (AvgIpc) is 0.747. The Morgan fingerprint density at radius 2 is 0.491 bits per heavy atom. The van der Waals surface area contributed by atoms with E-state index in [1.807, 2.05) is 0 Å². The molecule has 4 aromatic heterocycles. The molecule has 0 bridgehead atoms. The maximum atomic E-state index is 5.39. The van der Waals surface area contributed by atoms with Gasteiger partial charge >= 0.3 is 0 Å². The van der Waals surface area contributed by atoms with E-state index in [0.717, 1.165) is 139 Å². The number of aromatic nitrogens is 6. The van der Waals surface area contributed by atoms with Gasteiger partial charge in [-0.25, -0.2) is 29.9 Å². The van der Waals surface area contributed by atoms with Crippen molar-refractivity contribution in [2.75, 3.05) is 0 Å². The van der Waals surface area contributed by atoms with Crippen molar-refractivity contribution in [1.82, 2.24) is 29.9 Å². The van der Waals surface area contributed by atoms with Gasteiger partial charge in [-0.15, -0.1) is 0 Å². The number of benzene rings is 16. The van der Waals surface area contributed by atoms with E-state index in [1.165, 1.54) is 60.3 Å². The van der Waals surface area contributed by atoms with E-state index in [-0.39, 0.29) is 0 Å². The number of hydrogen-bond donors (Lipinski definition) is 0. The largest absolute Gasteiger partial charge is 0.247 e. The molecule has 0 aliphatic rings. The van der Waals surface area contributed by atoms with Crippen LogP contribution in [0, 0.1) is 13.8 Å². The lowest BCUT2D eigenvalue weighted by Gasteiger charge is -2.15. The molecule has 0 atom stereocenters. The van der Waals surface area contributed by atoms with Crippen LogP contribution in [0.15, 0.2) is 388 Å². The minimum Gasteiger partial charge on any atom is -0.247 e. The zero-order valence-electron chi connectivity index (χ0n) is 60.6. The third-order valence-electron chi connectivity index (χ3n) is 21.0. The lowest BCUT2D eigenvalue weighted by Crippen LogP contribution is -1.96. The second-order valence-electron chi connectivity index (χ2n) is 28.2. The molecule has 0 aliphatic carbocycles. The van der Waals surface area contributed by atoms with Crippen molar-refractivity contribution in [3.05, 3.63) is 399 Å². The van der Waals surface area contributed by atoms with Crippen LogP contribution < -0.4 is 0 Å². The zero-order valence-corrected chi connectivity index (χ0v) is 60.6. The van der Waals surface area contributed by atoms with Crippen molar-refractivity contribution in [3.8, 4) is 135 Å². The Bertz CT molecular complexity index is 6720. The molecule has 0 amide bonds. The van der Waals surface area contributed by atoms with Crippen molar-refractivity contribution in [2.45, 2.75) is 13.8 Å². The normalized spacial score (nSPS) is 11.4. The fraction of sp³-hybridized carbons (Fsp3) is 0.0192. The number of hydrogen-bond acceptors (Lipinski definition) is 6. The lowest BCUT2D eigenvalue weighted by molar-refractivity contribution is 1.18. The zero-order chi connectivity index (χ0) is 73.4. The molecular weight excluding hydrogens is 1330 g/mol. The lowest BCUT2D eigenvalue weighted by atomic mass is 9.92. The Morgan fingerprint density at radius 3 is 0.945 bits per heavy atom. The topological polar surface area (TPSA) is 77.3 Å². The molecule has 516 valence electrons. The number of pyridine rings is 2. The summed E-state index contributed by atoms with van der Waals surface area (Å²) in [5, 5.41) is 11.7. The highest BCUT2D eigenvalue weighted by atomic mass is 14.9. The van der Waals surface area contributed by atoms with Crippen LogP contribution in [0.3, 0.4) is 0 Å². The molecule has 0 saturated heterocycles. The number of aryl methyl sites for hydroxylation is 2. The van der Waals surface area contributed by atoms with Gasteiger partial charge in [-0.2, -0.15) is 0 Å². The number of fused-ring (bicyclic) bond motifs is 8.